The molecule has 0 saturated heterocycles. The summed E-state index contributed by atoms with van der Waals surface area (Å²) in [6.45, 7) is 20.3. The van der Waals surface area contributed by atoms with E-state index < -0.39 is 22.8 Å². The number of nitrogens with zero attached hydrogens (tertiary/aromatic N) is 2. The fraction of sp³-hybridized carbons (Fsp3) is 0.571. The van der Waals surface area contributed by atoms with Crippen LogP contribution in [0, 0.1) is 10.8 Å². The van der Waals surface area contributed by atoms with Crippen LogP contribution in [0.4, 0.5) is 0 Å². The lowest BCUT2D eigenvalue weighted by Gasteiger charge is -2.39. The van der Waals surface area contributed by atoms with Gasteiger partial charge in [-0.15, -0.1) is 0 Å². The lowest BCUT2D eigenvalue weighted by atomic mass is 9.76. The Kier molecular flexibility index (Phi) is 22.5. The Morgan fingerprint density at radius 2 is 0.613 bits per heavy atom. The van der Waals surface area contributed by atoms with Crippen LogP contribution in [-0.2, 0) is 19.1 Å². The van der Waals surface area contributed by atoms with Gasteiger partial charge in [-0.25, -0.2) is 9.59 Å². The Bertz CT molecular complexity index is 2670. The molecule has 0 N–H and O–H groups in total. The van der Waals surface area contributed by atoms with Crippen LogP contribution < -0.4 is 0 Å². The number of amides is 4. The molecule has 2 aliphatic rings. The molecule has 7 rings (SSSR count). The van der Waals surface area contributed by atoms with E-state index in [-0.39, 0.29) is 49.9 Å². The van der Waals surface area contributed by atoms with Crippen molar-refractivity contribution < 1.29 is 38.2 Å². The van der Waals surface area contributed by atoms with Gasteiger partial charge in [0.2, 0.25) is 0 Å². The molecule has 0 bridgehead atoms. The summed E-state index contributed by atoms with van der Waals surface area (Å²) >= 11 is 0. The molecule has 0 aliphatic carbocycles. The van der Waals surface area contributed by atoms with Crippen molar-refractivity contribution in [2.24, 2.45) is 10.8 Å². The quantitative estimate of drug-likeness (QED) is 0.00955. The minimum Gasteiger partial charge on any atom is -0.462 e. The van der Waals surface area contributed by atoms with Crippen LogP contribution in [0.5, 0.6) is 0 Å². The van der Waals surface area contributed by atoms with Crippen LogP contribution in [-0.4, -0.2) is 71.7 Å². The molecule has 2 heterocycles. The van der Waals surface area contributed by atoms with E-state index >= 15 is 19.2 Å². The van der Waals surface area contributed by atoms with Crippen LogP contribution in [0.2, 0.25) is 0 Å². The summed E-state index contributed by atoms with van der Waals surface area (Å²) in [7, 11) is 0. The number of carbonyl (C=O) groups excluding carboxylic acids is 6. The van der Waals surface area contributed by atoms with Crippen molar-refractivity contribution in [2.45, 2.75) is 221 Å². The molecule has 5 aromatic carbocycles. The summed E-state index contributed by atoms with van der Waals surface area (Å²) in [6.07, 6.45) is 28.9. The summed E-state index contributed by atoms with van der Waals surface area (Å²) in [5.41, 5.74) is 1.12. The van der Waals surface area contributed by atoms with Gasteiger partial charge >= 0.3 is 11.9 Å². The van der Waals surface area contributed by atoms with Gasteiger partial charge in [-0.3, -0.25) is 29.0 Å². The van der Waals surface area contributed by atoms with Crippen molar-refractivity contribution in [3.05, 3.63) is 95.1 Å². The summed E-state index contributed by atoms with van der Waals surface area (Å²) in [5, 5.41) is 6.13. The van der Waals surface area contributed by atoms with Crippen molar-refractivity contribution in [3.63, 3.8) is 0 Å². The average molecular weight is 1090 g/mol. The van der Waals surface area contributed by atoms with Crippen LogP contribution in [0.3, 0.4) is 0 Å². The maximum atomic E-state index is 15.1. The first-order valence-corrected chi connectivity index (χ1v) is 31.2. The van der Waals surface area contributed by atoms with Gasteiger partial charge in [-0.2, -0.15) is 0 Å². The second-order valence-electron chi connectivity index (χ2n) is 24.3. The minimum absolute atomic E-state index is 0.0947. The molecule has 0 atom stereocenters. The Balaban J connectivity index is 1.25. The largest absolute Gasteiger partial charge is 0.462 e. The van der Waals surface area contributed by atoms with Gasteiger partial charge < -0.3 is 9.47 Å². The molecule has 0 spiro atoms. The molecule has 0 fully saturated rings. The van der Waals surface area contributed by atoms with Crippen LogP contribution in [0.25, 0.3) is 43.1 Å². The SMILES string of the molecule is C=C(C)C(=O)OCC(CCCCCCCC)(CCCCCCCC)CN1C(=O)c2ccc3c4ccc5c6c(ccc(c7ccc(c2c37)C1=O)c64)C(=O)N(CC(CCCCCCCC)(CCCCCCCC)COC(=O)C(=C)C)C5=O. The highest BCUT2D eigenvalue weighted by atomic mass is 16.5. The van der Waals surface area contributed by atoms with Crippen molar-refractivity contribution >= 4 is 78.7 Å². The van der Waals surface area contributed by atoms with Crippen LogP contribution in [0.1, 0.15) is 263 Å². The van der Waals surface area contributed by atoms with Gasteiger partial charge in [0.15, 0.2) is 0 Å². The monoisotopic (exact) mass is 1090 g/mol. The molecule has 0 saturated carbocycles. The van der Waals surface area contributed by atoms with Crippen molar-refractivity contribution in [2.75, 3.05) is 26.3 Å². The smallest absolute Gasteiger partial charge is 0.333 e. The van der Waals surface area contributed by atoms with Crippen LogP contribution >= 0.6 is 0 Å². The third kappa shape index (κ3) is 14.2. The lowest BCUT2D eigenvalue weighted by molar-refractivity contribution is -0.144. The molecule has 2 aliphatic heterocycles. The van der Waals surface area contributed by atoms with Crippen LogP contribution in [0.15, 0.2) is 72.8 Å². The normalized spacial score (nSPS) is 13.7. The molecule has 10 nitrogen and oxygen atoms in total. The van der Waals surface area contributed by atoms with Gasteiger partial charge in [0, 0.05) is 68.1 Å². The van der Waals surface area contributed by atoms with E-state index in [1.165, 1.54) is 35.5 Å². The van der Waals surface area contributed by atoms with Gasteiger partial charge in [-0.1, -0.05) is 219 Å². The Labute approximate surface area is 478 Å². The van der Waals surface area contributed by atoms with Crippen molar-refractivity contribution in [3.8, 4) is 0 Å². The van der Waals surface area contributed by atoms with E-state index in [0.717, 1.165) is 161 Å². The fourth-order valence-corrected chi connectivity index (χ4v) is 13.1. The van der Waals surface area contributed by atoms with E-state index in [4.69, 9.17) is 9.47 Å². The molecule has 10 heteroatoms. The number of rotatable bonds is 38. The molecule has 0 unspecified atom stereocenters. The van der Waals surface area contributed by atoms with Gasteiger partial charge in [0.05, 0.1) is 13.2 Å². The van der Waals surface area contributed by atoms with E-state index in [1.54, 1.807) is 13.8 Å². The summed E-state index contributed by atoms with van der Waals surface area (Å²) in [6, 6.07) is 15.2. The maximum Gasteiger partial charge on any atom is 0.333 e. The van der Waals surface area contributed by atoms with E-state index in [9.17, 15) is 9.59 Å². The second-order valence-corrected chi connectivity index (χ2v) is 24.3. The van der Waals surface area contributed by atoms with Gasteiger partial charge in [0.25, 0.3) is 23.6 Å². The first-order valence-electron chi connectivity index (χ1n) is 31.2. The molecule has 432 valence electrons. The zero-order chi connectivity index (χ0) is 57.4. The highest BCUT2D eigenvalue weighted by Gasteiger charge is 2.44. The number of ether oxygens (including phenoxy) is 2. The number of unbranched alkanes of at least 4 members (excludes halogenated alkanes) is 20. The first-order chi connectivity index (χ1) is 38.7. The second kappa shape index (κ2) is 29.2. The average Bonchev–Trinajstić information content (AvgIpc) is 3.63. The van der Waals surface area contributed by atoms with Gasteiger partial charge in [0.1, 0.15) is 0 Å². The summed E-state index contributed by atoms with van der Waals surface area (Å²) in [4.78, 5) is 89.5. The Morgan fingerprint density at radius 1 is 0.375 bits per heavy atom. The maximum absolute atomic E-state index is 15.1. The Hall–Kier alpha value is -5.90. The zero-order valence-electron chi connectivity index (χ0n) is 49.8. The van der Waals surface area contributed by atoms with E-state index in [1.807, 2.05) is 48.5 Å². The molecule has 4 amide bonds. The van der Waals surface area contributed by atoms with E-state index in [0.29, 0.717) is 69.9 Å². The number of carbonyl (C=O) groups is 6. The lowest BCUT2D eigenvalue weighted by Crippen LogP contribution is -2.49. The highest BCUT2D eigenvalue weighted by Crippen LogP contribution is 2.48. The highest BCUT2D eigenvalue weighted by molar-refractivity contribution is 6.41. The zero-order valence-corrected chi connectivity index (χ0v) is 49.8. The number of hydrogen-bond donors (Lipinski definition) is 0. The first kappa shape index (κ1) is 61.7. The minimum atomic E-state index is -0.645. The summed E-state index contributed by atoms with van der Waals surface area (Å²) in [5.74, 6) is -2.38. The summed E-state index contributed by atoms with van der Waals surface area (Å²) < 4.78 is 12.0. The predicted molar refractivity (Wildman–Crippen MR) is 327 cm³/mol. The molecule has 80 heavy (non-hydrogen) atoms. The predicted octanol–water partition coefficient (Wildman–Crippen LogP) is 18.1. The van der Waals surface area contributed by atoms with Gasteiger partial charge in [-0.05, 0) is 96.1 Å². The number of esters is 2. The standard InChI is InChI=1S/C70H94N2O8/c1-9-13-17-21-25-29-41-69(47-79-67(77)49(5)6,42-30-26-22-18-14-10-2)45-71-63(73)55-37-33-51-53-35-39-57-62-58(40-36-54(60(53)62)52-34-38-56(64(71)74)61(55)59(51)52)66(76)72(65(57)75)46-70(48-80-68(78)50(7)8,43-31-27-23-19-15-11-3)44-32-28-24-20-16-12-4/h33-40H,5,7,9-32,41-48H2,1-4,6,8H3. The van der Waals surface area contributed by atoms with Crippen molar-refractivity contribution in [1.82, 2.24) is 9.80 Å². The molecular formula is C70H94N2O8. The fourth-order valence-electron chi connectivity index (χ4n) is 13.1. The van der Waals surface area contributed by atoms with Crippen molar-refractivity contribution in [1.29, 1.82) is 0 Å². The molecule has 5 aromatic rings. The number of imide groups is 2. The molecule has 0 radical (unpaired) electrons. The topological polar surface area (TPSA) is 127 Å². The van der Waals surface area contributed by atoms with E-state index in [2.05, 4.69) is 40.9 Å². The molecule has 0 aromatic heterocycles. The third-order valence-electron chi connectivity index (χ3n) is 17.7. The number of benzene rings is 5. The Morgan fingerprint density at radius 3 is 0.850 bits per heavy atom. The number of fused-ring (bicyclic) bond motifs is 2. The third-order valence-corrected chi connectivity index (χ3v) is 17.7. The molecular weight excluding hydrogens is 997 g/mol. The number of hydrogen-bond acceptors (Lipinski definition) is 8.